The molecule has 0 spiro atoms. The highest BCUT2D eigenvalue weighted by molar-refractivity contribution is 7.92. The van der Waals surface area contributed by atoms with Crippen molar-refractivity contribution in [1.82, 2.24) is 4.98 Å². The van der Waals surface area contributed by atoms with E-state index >= 15 is 0 Å². The molecule has 0 amide bonds. The molecule has 1 N–H and O–H groups in total. The molecule has 1 aromatic heterocycles. The van der Waals surface area contributed by atoms with Gasteiger partial charge in [-0.1, -0.05) is 18.2 Å². The van der Waals surface area contributed by atoms with Crippen LogP contribution in [0.3, 0.4) is 0 Å². The maximum atomic E-state index is 12.6. The first kappa shape index (κ1) is 17.2. The summed E-state index contributed by atoms with van der Waals surface area (Å²) in [5.74, 6) is -0.406. The summed E-state index contributed by atoms with van der Waals surface area (Å²) in [5, 5.41) is 0. The average molecular weight is 346 g/mol. The van der Waals surface area contributed by atoms with Crippen molar-refractivity contribution in [2.24, 2.45) is 0 Å². The minimum Gasteiger partial charge on any atom is -0.380 e. The lowest BCUT2D eigenvalue weighted by Gasteiger charge is -2.11. The highest BCUT2D eigenvalue weighted by Gasteiger charge is 2.32. The predicted octanol–water partition coefficient (Wildman–Crippen LogP) is 3.05. The Morgan fingerprint density at radius 3 is 2.52 bits per heavy atom. The van der Waals surface area contributed by atoms with Crippen molar-refractivity contribution in [1.29, 1.82) is 0 Å². The summed E-state index contributed by atoms with van der Waals surface area (Å²) in [6, 6.07) is 8.87. The van der Waals surface area contributed by atoms with E-state index in [1.165, 1.54) is 25.3 Å². The molecule has 0 bridgehead atoms. The van der Waals surface area contributed by atoms with Gasteiger partial charge in [-0.2, -0.15) is 13.2 Å². The number of nitrogens with one attached hydrogen (secondary N) is 1. The topological polar surface area (TPSA) is 68.3 Å². The van der Waals surface area contributed by atoms with E-state index in [9.17, 15) is 21.6 Å². The fourth-order valence-electron chi connectivity index (χ4n) is 1.82. The number of hydrogen-bond donors (Lipinski definition) is 1. The smallest absolute Gasteiger partial charge is 0.380 e. The Morgan fingerprint density at radius 2 is 1.87 bits per heavy atom. The van der Waals surface area contributed by atoms with Gasteiger partial charge in [0, 0.05) is 7.11 Å². The molecule has 0 atom stereocenters. The highest BCUT2D eigenvalue weighted by atomic mass is 32.2. The first-order chi connectivity index (χ1) is 10.7. The Bertz CT molecular complexity index is 792. The molecule has 0 aliphatic carbocycles. The molecule has 0 fully saturated rings. The molecule has 23 heavy (non-hydrogen) atoms. The van der Waals surface area contributed by atoms with Crippen molar-refractivity contribution in [3.05, 3.63) is 53.7 Å². The lowest BCUT2D eigenvalue weighted by molar-refractivity contribution is -0.141. The van der Waals surface area contributed by atoms with E-state index in [1.54, 1.807) is 6.07 Å². The number of nitrogens with zero attached hydrogens (tertiary/aromatic N) is 1. The van der Waals surface area contributed by atoms with Crippen molar-refractivity contribution in [2.45, 2.75) is 17.7 Å². The van der Waals surface area contributed by atoms with E-state index in [2.05, 4.69) is 4.98 Å². The van der Waals surface area contributed by atoms with Crippen LogP contribution in [0.4, 0.5) is 19.0 Å². The minimum atomic E-state index is -4.65. The zero-order chi connectivity index (χ0) is 17.1. The Labute approximate surface area is 131 Å². The zero-order valence-electron chi connectivity index (χ0n) is 12.0. The van der Waals surface area contributed by atoms with E-state index < -0.39 is 27.7 Å². The molecule has 0 saturated heterocycles. The SMILES string of the molecule is COCc1cccc(S(=O)(=O)Nc2cccc(C(F)(F)F)n2)c1. The molecule has 2 aromatic rings. The number of benzene rings is 1. The fourth-order valence-corrected chi connectivity index (χ4v) is 2.89. The molecule has 1 heterocycles. The fraction of sp³-hybridized carbons (Fsp3) is 0.214. The van der Waals surface area contributed by atoms with Gasteiger partial charge in [0.1, 0.15) is 11.5 Å². The minimum absolute atomic E-state index is 0.0914. The van der Waals surface area contributed by atoms with Gasteiger partial charge in [-0.15, -0.1) is 0 Å². The summed E-state index contributed by atoms with van der Waals surface area (Å²) in [4.78, 5) is 3.18. The monoisotopic (exact) mass is 346 g/mol. The number of methoxy groups -OCH3 is 1. The number of hydrogen-bond acceptors (Lipinski definition) is 4. The lowest BCUT2D eigenvalue weighted by atomic mass is 10.2. The largest absolute Gasteiger partial charge is 0.433 e. The summed E-state index contributed by atoms with van der Waals surface area (Å²) in [6.07, 6.45) is -4.65. The Morgan fingerprint density at radius 1 is 1.17 bits per heavy atom. The van der Waals surface area contributed by atoms with E-state index in [1.807, 2.05) is 4.72 Å². The third-order valence-electron chi connectivity index (χ3n) is 2.80. The van der Waals surface area contributed by atoms with Crippen LogP contribution in [0.25, 0.3) is 0 Å². The molecule has 0 radical (unpaired) electrons. The maximum Gasteiger partial charge on any atom is 0.433 e. The molecule has 124 valence electrons. The molecule has 5 nitrogen and oxygen atoms in total. The molecular weight excluding hydrogens is 333 g/mol. The molecule has 0 saturated carbocycles. The summed E-state index contributed by atoms with van der Waals surface area (Å²) in [6.45, 7) is 0.213. The van der Waals surface area contributed by atoms with Crippen molar-refractivity contribution >= 4 is 15.8 Å². The van der Waals surface area contributed by atoms with Crippen LogP contribution in [0, 0.1) is 0 Å². The third-order valence-corrected chi connectivity index (χ3v) is 4.15. The van der Waals surface area contributed by atoms with Crippen molar-refractivity contribution in [3.63, 3.8) is 0 Å². The lowest BCUT2D eigenvalue weighted by Crippen LogP contribution is -2.16. The van der Waals surface area contributed by atoms with Gasteiger partial charge in [-0.05, 0) is 29.8 Å². The van der Waals surface area contributed by atoms with Crippen molar-refractivity contribution in [2.75, 3.05) is 11.8 Å². The number of anilines is 1. The van der Waals surface area contributed by atoms with Crippen LogP contribution in [-0.4, -0.2) is 20.5 Å². The molecule has 0 aliphatic rings. The van der Waals surface area contributed by atoms with Crippen LogP contribution in [0.1, 0.15) is 11.3 Å². The van der Waals surface area contributed by atoms with E-state index in [0.29, 0.717) is 5.56 Å². The first-order valence-electron chi connectivity index (χ1n) is 6.37. The predicted molar refractivity (Wildman–Crippen MR) is 77.2 cm³/mol. The summed E-state index contributed by atoms with van der Waals surface area (Å²) < 4.78 is 69.3. The highest BCUT2D eigenvalue weighted by Crippen LogP contribution is 2.28. The summed E-state index contributed by atoms with van der Waals surface area (Å²) in [7, 11) is -2.59. The number of alkyl halides is 3. The number of halogens is 3. The summed E-state index contributed by atoms with van der Waals surface area (Å²) in [5.41, 5.74) is -0.557. The molecule has 9 heteroatoms. The average Bonchev–Trinajstić information content (AvgIpc) is 2.47. The summed E-state index contributed by atoms with van der Waals surface area (Å²) >= 11 is 0. The van der Waals surface area contributed by atoms with Crippen LogP contribution in [0.2, 0.25) is 0 Å². The van der Waals surface area contributed by atoms with Crippen LogP contribution >= 0.6 is 0 Å². The van der Waals surface area contributed by atoms with Gasteiger partial charge < -0.3 is 4.74 Å². The molecular formula is C14H13F3N2O3S. The van der Waals surface area contributed by atoms with Crippen molar-refractivity contribution in [3.8, 4) is 0 Å². The van der Waals surface area contributed by atoms with Gasteiger partial charge in [-0.25, -0.2) is 13.4 Å². The van der Waals surface area contributed by atoms with Crippen LogP contribution in [0.15, 0.2) is 47.4 Å². The number of pyridine rings is 1. The standard InChI is InChI=1S/C14H13F3N2O3S/c1-22-9-10-4-2-5-11(8-10)23(20,21)19-13-7-3-6-12(18-13)14(15,16)17/h2-8H,9H2,1H3,(H,18,19). The van der Waals surface area contributed by atoms with Crippen LogP contribution in [0.5, 0.6) is 0 Å². The van der Waals surface area contributed by atoms with E-state index in [0.717, 1.165) is 18.2 Å². The first-order valence-corrected chi connectivity index (χ1v) is 7.85. The second-order valence-electron chi connectivity index (χ2n) is 4.59. The number of rotatable bonds is 5. The normalized spacial score (nSPS) is 12.2. The Hall–Kier alpha value is -2.13. The second kappa shape index (κ2) is 6.55. The van der Waals surface area contributed by atoms with Gasteiger partial charge >= 0.3 is 6.18 Å². The molecule has 1 aromatic carbocycles. The van der Waals surface area contributed by atoms with Gasteiger partial charge in [0.15, 0.2) is 0 Å². The van der Waals surface area contributed by atoms with E-state index in [4.69, 9.17) is 4.74 Å². The Balaban J connectivity index is 2.30. The Kier molecular flexibility index (Phi) is 4.90. The molecule has 0 unspecified atom stereocenters. The van der Waals surface area contributed by atoms with Crippen molar-refractivity contribution < 1.29 is 26.3 Å². The van der Waals surface area contributed by atoms with Crippen LogP contribution in [-0.2, 0) is 27.5 Å². The second-order valence-corrected chi connectivity index (χ2v) is 6.27. The maximum absolute atomic E-state index is 12.6. The number of sulfonamides is 1. The quantitative estimate of drug-likeness (QED) is 0.903. The molecule has 2 rings (SSSR count). The van der Waals surface area contributed by atoms with Gasteiger partial charge in [-0.3, -0.25) is 4.72 Å². The number of aromatic nitrogens is 1. The zero-order valence-corrected chi connectivity index (χ0v) is 12.8. The van der Waals surface area contributed by atoms with Gasteiger partial charge in [0.2, 0.25) is 0 Å². The van der Waals surface area contributed by atoms with Crippen LogP contribution < -0.4 is 4.72 Å². The van der Waals surface area contributed by atoms with Gasteiger partial charge in [0.25, 0.3) is 10.0 Å². The third kappa shape index (κ3) is 4.42. The van der Waals surface area contributed by atoms with Gasteiger partial charge in [0.05, 0.1) is 11.5 Å². The molecule has 0 aliphatic heterocycles. The van der Waals surface area contributed by atoms with E-state index in [-0.39, 0.29) is 11.5 Å². The number of ether oxygens (including phenoxy) is 1.